The Bertz CT molecular complexity index is 358. The van der Waals surface area contributed by atoms with Gasteiger partial charge in [-0.15, -0.1) is 0 Å². The van der Waals surface area contributed by atoms with Gasteiger partial charge >= 0.3 is 0 Å². The van der Waals surface area contributed by atoms with E-state index in [2.05, 4.69) is 9.97 Å². The summed E-state index contributed by atoms with van der Waals surface area (Å²) in [6, 6.07) is 3.26. The number of rotatable bonds is 2. The fourth-order valence-electron chi connectivity index (χ4n) is 1.07. The van der Waals surface area contributed by atoms with Crippen molar-refractivity contribution in [3.05, 3.63) is 48.4 Å². The largest absolute Gasteiger partial charge is 0.472 e. The summed E-state index contributed by atoms with van der Waals surface area (Å²) in [6.45, 7) is 0. The van der Waals surface area contributed by atoms with Crippen LogP contribution in [-0.4, -0.2) is 9.97 Å². The molecule has 66 valence electrons. The van der Waals surface area contributed by atoms with Crippen LogP contribution in [0.1, 0.15) is 17.4 Å². The molecule has 0 saturated carbocycles. The Morgan fingerprint density at radius 1 is 1.31 bits per heavy atom. The Balaban J connectivity index is 2.29. The van der Waals surface area contributed by atoms with E-state index >= 15 is 0 Å². The van der Waals surface area contributed by atoms with E-state index in [1.54, 1.807) is 37.1 Å². The SMILES string of the molecule is NC(c1ccoc1)c1ncccn1. The third-order valence-electron chi connectivity index (χ3n) is 1.77. The Labute approximate surface area is 75.4 Å². The van der Waals surface area contributed by atoms with Crippen LogP contribution < -0.4 is 5.73 Å². The highest BCUT2D eigenvalue weighted by atomic mass is 16.3. The maximum Gasteiger partial charge on any atom is 0.149 e. The molecule has 0 amide bonds. The van der Waals surface area contributed by atoms with Crippen molar-refractivity contribution in [1.29, 1.82) is 0 Å². The molecule has 0 saturated heterocycles. The summed E-state index contributed by atoms with van der Waals surface area (Å²) in [4.78, 5) is 8.11. The van der Waals surface area contributed by atoms with Crippen molar-refractivity contribution in [3.63, 3.8) is 0 Å². The molecule has 2 aromatic heterocycles. The monoisotopic (exact) mass is 175 g/mol. The number of nitrogens with two attached hydrogens (primary N) is 1. The second kappa shape index (κ2) is 3.37. The molecule has 2 rings (SSSR count). The topological polar surface area (TPSA) is 64.9 Å². The summed E-state index contributed by atoms with van der Waals surface area (Å²) in [5.41, 5.74) is 6.76. The summed E-state index contributed by atoms with van der Waals surface area (Å²) in [5.74, 6) is 0.601. The van der Waals surface area contributed by atoms with E-state index in [-0.39, 0.29) is 6.04 Å². The van der Waals surface area contributed by atoms with Gasteiger partial charge in [-0.3, -0.25) is 0 Å². The van der Waals surface area contributed by atoms with Crippen LogP contribution in [0.4, 0.5) is 0 Å². The van der Waals surface area contributed by atoms with Crippen LogP contribution in [0.25, 0.3) is 0 Å². The summed E-state index contributed by atoms with van der Waals surface area (Å²) >= 11 is 0. The maximum atomic E-state index is 5.88. The highest BCUT2D eigenvalue weighted by Gasteiger charge is 2.11. The molecule has 0 aromatic carbocycles. The van der Waals surface area contributed by atoms with Crippen molar-refractivity contribution in [1.82, 2.24) is 9.97 Å². The minimum absolute atomic E-state index is 0.306. The fourth-order valence-corrected chi connectivity index (χ4v) is 1.07. The number of hydrogen-bond acceptors (Lipinski definition) is 4. The molecule has 0 aliphatic heterocycles. The third-order valence-corrected chi connectivity index (χ3v) is 1.77. The number of hydrogen-bond donors (Lipinski definition) is 1. The molecular weight excluding hydrogens is 166 g/mol. The predicted octanol–water partition coefficient (Wildman–Crippen LogP) is 1.12. The third kappa shape index (κ3) is 1.57. The molecule has 1 atom stereocenters. The fraction of sp³-hybridized carbons (Fsp3) is 0.111. The molecule has 0 aliphatic carbocycles. The van der Waals surface area contributed by atoms with Crippen LogP contribution in [0.15, 0.2) is 41.5 Å². The van der Waals surface area contributed by atoms with Crippen molar-refractivity contribution >= 4 is 0 Å². The molecule has 2 N–H and O–H groups in total. The summed E-state index contributed by atoms with van der Waals surface area (Å²) in [5, 5.41) is 0. The highest BCUT2D eigenvalue weighted by Crippen LogP contribution is 2.15. The van der Waals surface area contributed by atoms with Gasteiger partial charge in [0.2, 0.25) is 0 Å². The van der Waals surface area contributed by atoms with Gasteiger partial charge < -0.3 is 10.2 Å². The lowest BCUT2D eigenvalue weighted by atomic mass is 10.1. The van der Waals surface area contributed by atoms with E-state index in [0.29, 0.717) is 5.82 Å². The zero-order valence-electron chi connectivity index (χ0n) is 6.92. The first kappa shape index (κ1) is 7.94. The lowest BCUT2D eigenvalue weighted by molar-refractivity contribution is 0.561. The maximum absolute atomic E-state index is 5.88. The van der Waals surface area contributed by atoms with Gasteiger partial charge in [0.1, 0.15) is 5.82 Å². The van der Waals surface area contributed by atoms with E-state index in [0.717, 1.165) is 5.56 Å². The van der Waals surface area contributed by atoms with E-state index < -0.39 is 0 Å². The molecule has 2 heterocycles. The van der Waals surface area contributed by atoms with E-state index in [4.69, 9.17) is 10.2 Å². The summed E-state index contributed by atoms with van der Waals surface area (Å²) < 4.78 is 4.92. The second-order valence-electron chi connectivity index (χ2n) is 2.64. The minimum Gasteiger partial charge on any atom is -0.472 e. The van der Waals surface area contributed by atoms with Gasteiger partial charge in [-0.25, -0.2) is 9.97 Å². The van der Waals surface area contributed by atoms with Crippen molar-refractivity contribution in [2.75, 3.05) is 0 Å². The highest BCUT2D eigenvalue weighted by molar-refractivity contribution is 5.18. The van der Waals surface area contributed by atoms with Gasteiger partial charge in [-0.2, -0.15) is 0 Å². The molecule has 0 fully saturated rings. The molecule has 4 nitrogen and oxygen atoms in total. The van der Waals surface area contributed by atoms with Crippen molar-refractivity contribution in [3.8, 4) is 0 Å². The van der Waals surface area contributed by atoms with Gasteiger partial charge in [0.05, 0.1) is 18.6 Å². The zero-order chi connectivity index (χ0) is 9.10. The molecule has 0 spiro atoms. The molecule has 0 bridgehead atoms. The van der Waals surface area contributed by atoms with Crippen LogP contribution in [-0.2, 0) is 0 Å². The molecule has 13 heavy (non-hydrogen) atoms. The standard InChI is InChI=1S/C9H9N3O/c10-8(7-2-5-13-6-7)9-11-3-1-4-12-9/h1-6,8H,10H2. The summed E-state index contributed by atoms with van der Waals surface area (Å²) in [6.07, 6.45) is 6.52. The lowest BCUT2D eigenvalue weighted by Gasteiger charge is -2.05. The predicted molar refractivity (Wildman–Crippen MR) is 46.8 cm³/mol. The van der Waals surface area contributed by atoms with E-state index in [1.807, 2.05) is 0 Å². The van der Waals surface area contributed by atoms with Crippen molar-refractivity contribution in [2.45, 2.75) is 6.04 Å². The number of nitrogens with zero attached hydrogens (tertiary/aromatic N) is 2. The first-order chi connectivity index (χ1) is 6.38. The van der Waals surface area contributed by atoms with Crippen LogP contribution in [0.2, 0.25) is 0 Å². The van der Waals surface area contributed by atoms with Crippen molar-refractivity contribution < 1.29 is 4.42 Å². The Morgan fingerprint density at radius 3 is 2.69 bits per heavy atom. The smallest absolute Gasteiger partial charge is 0.149 e. The van der Waals surface area contributed by atoms with Crippen LogP contribution in [0, 0.1) is 0 Å². The van der Waals surface area contributed by atoms with Crippen molar-refractivity contribution in [2.24, 2.45) is 5.73 Å². The normalized spacial score (nSPS) is 12.7. The van der Waals surface area contributed by atoms with Crippen LogP contribution in [0.3, 0.4) is 0 Å². The molecular formula is C9H9N3O. The second-order valence-corrected chi connectivity index (χ2v) is 2.64. The first-order valence-corrected chi connectivity index (χ1v) is 3.92. The van der Waals surface area contributed by atoms with E-state index in [9.17, 15) is 0 Å². The Kier molecular flexibility index (Phi) is 2.06. The minimum atomic E-state index is -0.306. The quantitative estimate of drug-likeness (QED) is 0.742. The average Bonchev–Trinajstić information content (AvgIpc) is 2.71. The first-order valence-electron chi connectivity index (χ1n) is 3.92. The van der Waals surface area contributed by atoms with Crippen LogP contribution >= 0.6 is 0 Å². The van der Waals surface area contributed by atoms with Crippen LogP contribution in [0.5, 0.6) is 0 Å². The molecule has 2 aromatic rings. The van der Waals surface area contributed by atoms with Gasteiger partial charge in [-0.05, 0) is 12.1 Å². The van der Waals surface area contributed by atoms with Gasteiger partial charge in [-0.1, -0.05) is 0 Å². The Morgan fingerprint density at radius 2 is 2.08 bits per heavy atom. The molecule has 1 unspecified atom stereocenters. The van der Waals surface area contributed by atoms with Gasteiger partial charge in [0.25, 0.3) is 0 Å². The Hall–Kier alpha value is -1.68. The lowest BCUT2D eigenvalue weighted by Crippen LogP contribution is -2.14. The number of furan rings is 1. The van der Waals surface area contributed by atoms with Gasteiger partial charge in [0, 0.05) is 18.0 Å². The zero-order valence-corrected chi connectivity index (χ0v) is 6.92. The van der Waals surface area contributed by atoms with E-state index in [1.165, 1.54) is 0 Å². The molecule has 4 heteroatoms. The molecule has 0 aliphatic rings. The summed E-state index contributed by atoms with van der Waals surface area (Å²) in [7, 11) is 0. The molecule has 0 radical (unpaired) electrons. The average molecular weight is 175 g/mol. The number of aromatic nitrogens is 2. The van der Waals surface area contributed by atoms with Gasteiger partial charge in [0.15, 0.2) is 0 Å².